The molecule has 5 heteroatoms. The van der Waals surface area contributed by atoms with Crippen LogP contribution in [0.4, 0.5) is 4.79 Å². The van der Waals surface area contributed by atoms with Gasteiger partial charge in [-0.25, -0.2) is 4.79 Å². The van der Waals surface area contributed by atoms with E-state index >= 15 is 0 Å². The van der Waals surface area contributed by atoms with E-state index in [-0.39, 0.29) is 24.0 Å². The van der Waals surface area contributed by atoms with Gasteiger partial charge in [0.05, 0.1) is 0 Å². The molecule has 4 N–H and O–H groups in total. The number of carbonyl (C=O) groups excluding carboxylic acids is 2. The van der Waals surface area contributed by atoms with E-state index in [0.717, 1.165) is 11.1 Å². The van der Waals surface area contributed by atoms with Crippen LogP contribution in [0.5, 0.6) is 0 Å². The van der Waals surface area contributed by atoms with Crippen molar-refractivity contribution in [2.75, 3.05) is 6.54 Å². The molecule has 0 aliphatic heterocycles. The van der Waals surface area contributed by atoms with E-state index < -0.39 is 6.03 Å². The molecule has 25 heavy (non-hydrogen) atoms. The molecule has 132 valence electrons. The number of nitrogens with one attached hydrogen (secondary N) is 2. The van der Waals surface area contributed by atoms with Gasteiger partial charge in [-0.1, -0.05) is 60.7 Å². The Balaban J connectivity index is 2.01. The van der Waals surface area contributed by atoms with Gasteiger partial charge in [0.15, 0.2) is 6.54 Å². The summed E-state index contributed by atoms with van der Waals surface area (Å²) in [5, 5.41) is 7.03. The molecule has 0 spiro atoms. The van der Waals surface area contributed by atoms with Crippen LogP contribution >= 0.6 is 0 Å². The van der Waals surface area contributed by atoms with Crippen LogP contribution in [-0.4, -0.2) is 24.0 Å². The summed E-state index contributed by atoms with van der Waals surface area (Å²) in [7, 11) is 0. The first-order chi connectivity index (χ1) is 11.8. The Kier molecular flexibility index (Phi) is 6.31. The molecule has 0 saturated carbocycles. The molecular weight excluding hydrogens is 314 g/mol. The van der Waals surface area contributed by atoms with Gasteiger partial charge in [0.2, 0.25) is 0 Å². The number of hydrogen-bond acceptors (Lipinski definition) is 2. The highest BCUT2D eigenvalue weighted by Gasteiger charge is 2.20. The molecule has 0 atom stereocenters. The summed E-state index contributed by atoms with van der Waals surface area (Å²) in [6.07, 6.45) is 0. The van der Waals surface area contributed by atoms with Crippen LogP contribution in [0.3, 0.4) is 0 Å². The summed E-state index contributed by atoms with van der Waals surface area (Å²) in [5.41, 5.74) is 1.84. The second-order valence-corrected chi connectivity index (χ2v) is 6.99. The van der Waals surface area contributed by atoms with E-state index in [1.807, 2.05) is 86.8 Å². The number of nitrogens with two attached hydrogens (primary N) is 1. The number of benzene rings is 2. The van der Waals surface area contributed by atoms with E-state index in [1.54, 1.807) is 0 Å². The maximum absolute atomic E-state index is 12.1. The van der Waals surface area contributed by atoms with Gasteiger partial charge in [-0.3, -0.25) is 10.1 Å². The maximum atomic E-state index is 12.1. The largest absolute Gasteiger partial charge is 0.333 e. The fourth-order valence-electron chi connectivity index (χ4n) is 2.56. The van der Waals surface area contributed by atoms with Crippen molar-refractivity contribution in [3.63, 3.8) is 0 Å². The Morgan fingerprint density at radius 3 is 1.84 bits per heavy atom. The third kappa shape index (κ3) is 6.39. The number of imide groups is 1. The van der Waals surface area contributed by atoms with Crippen molar-refractivity contribution < 1.29 is 14.9 Å². The van der Waals surface area contributed by atoms with Crippen LogP contribution in [0.2, 0.25) is 0 Å². The lowest BCUT2D eigenvalue weighted by atomic mass is 9.99. The molecule has 0 radical (unpaired) electrons. The zero-order valence-corrected chi connectivity index (χ0v) is 15.0. The minimum Gasteiger partial charge on any atom is -0.333 e. The topological polar surface area (TPSA) is 74.8 Å². The Morgan fingerprint density at radius 1 is 0.920 bits per heavy atom. The predicted octanol–water partition coefficient (Wildman–Crippen LogP) is 1.96. The van der Waals surface area contributed by atoms with Crippen molar-refractivity contribution >= 4 is 11.9 Å². The van der Waals surface area contributed by atoms with Gasteiger partial charge >= 0.3 is 6.03 Å². The molecule has 2 rings (SSSR count). The summed E-state index contributed by atoms with van der Waals surface area (Å²) in [6, 6.07) is 19.6. The molecule has 3 amide bonds. The first-order valence-corrected chi connectivity index (χ1v) is 8.40. The number of quaternary nitrogens is 1. The summed E-state index contributed by atoms with van der Waals surface area (Å²) >= 11 is 0. The van der Waals surface area contributed by atoms with E-state index in [0.29, 0.717) is 0 Å². The summed E-state index contributed by atoms with van der Waals surface area (Å²) < 4.78 is 0. The highest BCUT2D eigenvalue weighted by molar-refractivity contribution is 5.94. The van der Waals surface area contributed by atoms with Gasteiger partial charge in [0, 0.05) is 16.7 Å². The quantitative estimate of drug-likeness (QED) is 0.778. The van der Waals surface area contributed by atoms with Crippen LogP contribution in [0.25, 0.3) is 0 Å². The molecule has 0 aliphatic carbocycles. The minimum atomic E-state index is -0.470. The number of carbonyl (C=O) groups is 2. The lowest BCUT2D eigenvalue weighted by molar-refractivity contribution is -0.676. The van der Waals surface area contributed by atoms with Crippen molar-refractivity contribution in [2.24, 2.45) is 0 Å². The highest BCUT2D eigenvalue weighted by Crippen LogP contribution is 2.17. The summed E-state index contributed by atoms with van der Waals surface area (Å²) in [6.45, 7) is 5.75. The smallest absolute Gasteiger partial charge is 0.322 e. The molecule has 0 bridgehead atoms. The second kappa shape index (κ2) is 8.44. The SMILES string of the molecule is CC(C)(C)NC(=O)NC(=O)C[NH2+]C(c1ccccc1)c1ccccc1. The molecular formula is C20H26N3O2+. The molecule has 0 aromatic heterocycles. The molecule has 0 saturated heterocycles. The molecule has 0 unspecified atom stereocenters. The number of urea groups is 1. The normalized spacial score (nSPS) is 11.2. The molecule has 0 aliphatic rings. The molecule has 2 aromatic rings. The van der Waals surface area contributed by atoms with Crippen molar-refractivity contribution in [1.82, 2.24) is 10.6 Å². The van der Waals surface area contributed by atoms with Gasteiger partial charge in [-0.15, -0.1) is 0 Å². The second-order valence-electron chi connectivity index (χ2n) is 6.99. The Morgan fingerprint density at radius 2 is 1.40 bits per heavy atom. The standard InChI is InChI=1S/C20H25N3O2/c1-20(2,3)23-19(25)22-17(24)14-21-18(15-10-6-4-7-11-15)16-12-8-5-9-13-16/h4-13,18,21H,14H2,1-3H3,(H2,22,23,24,25)/p+1. The Labute approximate surface area is 148 Å². The number of hydrogen-bond donors (Lipinski definition) is 3. The fourth-order valence-corrected chi connectivity index (χ4v) is 2.56. The fraction of sp³-hybridized carbons (Fsp3) is 0.300. The highest BCUT2D eigenvalue weighted by atomic mass is 16.2. The monoisotopic (exact) mass is 340 g/mol. The van der Waals surface area contributed by atoms with Crippen LogP contribution in [0.15, 0.2) is 60.7 Å². The average molecular weight is 340 g/mol. The van der Waals surface area contributed by atoms with Gasteiger partial charge in [0.25, 0.3) is 5.91 Å². The minimum absolute atomic E-state index is 0.00109. The first-order valence-electron chi connectivity index (χ1n) is 8.40. The first kappa shape index (κ1) is 18.7. The van der Waals surface area contributed by atoms with Crippen LogP contribution in [0, 0.1) is 0 Å². The molecule has 2 aromatic carbocycles. The third-order valence-corrected chi connectivity index (χ3v) is 3.60. The Bertz CT molecular complexity index is 654. The van der Waals surface area contributed by atoms with Crippen LogP contribution in [0.1, 0.15) is 37.9 Å². The van der Waals surface area contributed by atoms with Gasteiger partial charge < -0.3 is 10.6 Å². The van der Waals surface area contributed by atoms with Gasteiger partial charge in [-0.05, 0) is 20.8 Å². The van der Waals surface area contributed by atoms with Crippen LogP contribution < -0.4 is 16.0 Å². The van der Waals surface area contributed by atoms with E-state index in [2.05, 4.69) is 10.6 Å². The lowest BCUT2D eigenvalue weighted by Crippen LogP contribution is -2.88. The summed E-state index contributed by atoms with van der Waals surface area (Å²) in [5.74, 6) is -0.321. The lowest BCUT2D eigenvalue weighted by Gasteiger charge is -2.20. The zero-order chi connectivity index (χ0) is 18.3. The summed E-state index contributed by atoms with van der Waals surface area (Å²) in [4.78, 5) is 23.9. The van der Waals surface area contributed by atoms with E-state index in [4.69, 9.17) is 0 Å². The van der Waals surface area contributed by atoms with Crippen molar-refractivity contribution in [3.05, 3.63) is 71.8 Å². The Hall–Kier alpha value is -2.66. The zero-order valence-electron chi connectivity index (χ0n) is 15.0. The maximum Gasteiger partial charge on any atom is 0.322 e. The van der Waals surface area contributed by atoms with Gasteiger partial charge in [0.1, 0.15) is 6.04 Å². The van der Waals surface area contributed by atoms with Crippen molar-refractivity contribution in [2.45, 2.75) is 32.4 Å². The third-order valence-electron chi connectivity index (χ3n) is 3.60. The van der Waals surface area contributed by atoms with Gasteiger partial charge in [-0.2, -0.15) is 0 Å². The molecule has 5 nitrogen and oxygen atoms in total. The predicted molar refractivity (Wildman–Crippen MR) is 97.9 cm³/mol. The number of amides is 3. The van der Waals surface area contributed by atoms with E-state index in [9.17, 15) is 9.59 Å². The van der Waals surface area contributed by atoms with Crippen molar-refractivity contribution in [1.29, 1.82) is 0 Å². The molecule has 0 fully saturated rings. The van der Waals surface area contributed by atoms with Crippen LogP contribution in [-0.2, 0) is 4.79 Å². The molecule has 0 heterocycles. The average Bonchev–Trinajstić information content (AvgIpc) is 2.55. The van der Waals surface area contributed by atoms with Crippen molar-refractivity contribution in [3.8, 4) is 0 Å². The number of rotatable bonds is 5. The van der Waals surface area contributed by atoms with E-state index in [1.165, 1.54) is 0 Å².